The van der Waals surface area contributed by atoms with E-state index in [2.05, 4.69) is 10.3 Å². The maximum Gasteiger partial charge on any atom is 0.251 e. The first-order chi connectivity index (χ1) is 16.7. The lowest BCUT2D eigenvalue weighted by molar-refractivity contribution is 0.0858. The Morgan fingerprint density at radius 2 is 2.03 bits per heavy atom. The number of pyridine rings is 1. The summed E-state index contributed by atoms with van der Waals surface area (Å²) >= 11 is 1.58. The molecule has 34 heavy (non-hydrogen) atoms. The van der Waals surface area contributed by atoms with Crippen molar-refractivity contribution in [1.29, 1.82) is 0 Å². The van der Waals surface area contributed by atoms with Gasteiger partial charge in [-0.15, -0.1) is 0 Å². The summed E-state index contributed by atoms with van der Waals surface area (Å²) in [4.78, 5) is 21.4. The van der Waals surface area contributed by atoms with E-state index in [9.17, 15) is 9.18 Å². The maximum absolute atomic E-state index is 14.3. The first kappa shape index (κ1) is 22.6. The lowest BCUT2D eigenvalue weighted by Gasteiger charge is -2.11. The first-order valence-electron chi connectivity index (χ1n) is 11.3. The van der Waals surface area contributed by atoms with Gasteiger partial charge in [0.2, 0.25) is 0 Å². The summed E-state index contributed by atoms with van der Waals surface area (Å²) in [5, 5.41) is 3.75. The number of amides is 1. The highest BCUT2D eigenvalue weighted by Gasteiger charge is 2.17. The Morgan fingerprint density at radius 1 is 1.18 bits per heavy atom. The summed E-state index contributed by atoms with van der Waals surface area (Å²) in [6.07, 6.45) is 5.64. The van der Waals surface area contributed by atoms with Crippen LogP contribution in [0, 0.1) is 5.82 Å². The summed E-state index contributed by atoms with van der Waals surface area (Å²) in [7, 11) is 0. The highest BCUT2D eigenvalue weighted by Crippen LogP contribution is 2.28. The number of rotatable bonds is 8. The fraction of sp³-hybridized carbons (Fsp3) is 0.269. The molecule has 0 radical (unpaired) electrons. The van der Waals surface area contributed by atoms with Crippen LogP contribution >= 0.6 is 11.8 Å². The van der Waals surface area contributed by atoms with Gasteiger partial charge in [0.25, 0.3) is 5.91 Å². The standard InChI is InChI=1S/C26H25FN4O2S/c27-22-6-2-1-4-20(22)16-31-24-15-28-12-11-23(24)30-26(31)34-17-18-7-9-19(10-8-18)25(32)29-14-21-5-3-13-33-21/h1-2,4,6-12,15,21H,3,5,13-14,16-17H2,(H,29,32). The van der Waals surface area contributed by atoms with Crippen molar-refractivity contribution in [1.82, 2.24) is 19.9 Å². The minimum absolute atomic E-state index is 0.0890. The highest BCUT2D eigenvalue weighted by molar-refractivity contribution is 7.98. The van der Waals surface area contributed by atoms with Crippen LogP contribution in [0.1, 0.15) is 34.3 Å². The number of halogens is 1. The summed E-state index contributed by atoms with van der Waals surface area (Å²) in [6, 6.07) is 16.2. The van der Waals surface area contributed by atoms with Gasteiger partial charge in [0.05, 0.1) is 29.9 Å². The number of carbonyl (C=O) groups is 1. The average Bonchev–Trinajstić information content (AvgIpc) is 3.51. The van der Waals surface area contributed by atoms with Crippen LogP contribution in [0.25, 0.3) is 11.0 Å². The molecule has 0 aliphatic carbocycles. The normalized spacial score (nSPS) is 15.6. The molecule has 1 aliphatic heterocycles. The van der Waals surface area contributed by atoms with Crippen LogP contribution in [0.15, 0.2) is 72.1 Å². The van der Waals surface area contributed by atoms with Crippen LogP contribution < -0.4 is 5.32 Å². The molecule has 0 spiro atoms. The quantitative estimate of drug-likeness (QED) is 0.369. The summed E-state index contributed by atoms with van der Waals surface area (Å²) in [5.74, 6) is 0.345. The van der Waals surface area contributed by atoms with E-state index in [1.54, 1.807) is 36.3 Å². The van der Waals surface area contributed by atoms with Gasteiger partial charge in [-0.05, 0) is 42.7 Å². The van der Waals surface area contributed by atoms with Crippen molar-refractivity contribution in [3.8, 4) is 0 Å². The lowest BCUT2D eigenvalue weighted by atomic mass is 10.1. The predicted molar refractivity (Wildman–Crippen MR) is 130 cm³/mol. The SMILES string of the molecule is O=C(NCC1CCCO1)c1ccc(CSc2nc3ccncc3n2Cc2ccccc2F)cc1. The van der Waals surface area contributed by atoms with E-state index in [0.717, 1.165) is 41.2 Å². The molecule has 0 bridgehead atoms. The Kier molecular flexibility index (Phi) is 6.87. The third kappa shape index (κ3) is 5.13. The molecule has 1 atom stereocenters. The number of hydrogen-bond acceptors (Lipinski definition) is 5. The van der Waals surface area contributed by atoms with Crippen molar-refractivity contribution in [2.45, 2.75) is 36.4 Å². The van der Waals surface area contributed by atoms with Gasteiger partial charge in [-0.1, -0.05) is 42.1 Å². The molecule has 2 aromatic heterocycles. The number of imidazole rings is 1. The molecule has 1 aliphatic rings. The smallest absolute Gasteiger partial charge is 0.251 e. The van der Waals surface area contributed by atoms with E-state index < -0.39 is 0 Å². The third-order valence-electron chi connectivity index (χ3n) is 5.90. The largest absolute Gasteiger partial charge is 0.376 e. The van der Waals surface area contributed by atoms with Crippen molar-refractivity contribution in [2.75, 3.05) is 13.2 Å². The Morgan fingerprint density at radius 3 is 2.82 bits per heavy atom. The zero-order chi connectivity index (χ0) is 23.3. The number of carbonyl (C=O) groups excluding carboxylic acids is 1. The summed E-state index contributed by atoms with van der Waals surface area (Å²) < 4.78 is 21.9. The second kappa shape index (κ2) is 10.4. The lowest BCUT2D eigenvalue weighted by Crippen LogP contribution is -2.31. The van der Waals surface area contributed by atoms with Gasteiger partial charge in [-0.3, -0.25) is 9.78 Å². The molecule has 0 saturated carbocycles. The number of ether oxygens (including phenoxy) is 1. The molecular formula is C26H25FN4O2S. The second-order valence-corrected chi connectivity index (χ2v) is 9.21. The van der Waals surface area contributed by atoms with Crippen LogP contribution in [-0.2, 0) is 17.0 Å². The van der Waals surface area contributed by atoms with Crippen molar-refractivity contribution in [2.24, 2.45) is 0 Å². The summed E-state index contributed by atoms with van der Waals surface area (Å²) in [6.45, 7) is 1.70. The fourth-order valence-electron chi connectivity index (χ4n) is 4.02. The number of fused-ring (bicyclic) bond motifs is 1. The molecule has 174 valence electrons. The number of benzene rings is 2. The topological polar surface area (TPSA) is 69.0 Å². The molecule has 6 nitrogen and oxygen atoms in total. The first-order valence-corrected chi connectivity index (χ1v) is 12.3. The number of aromatic nitrogens is 3. The molecule has 1 N–H and O–H groups in total. The predicted octanol–water partition coefficient (Wildman–Crippen LogP) is 4.82. The molecule has 5 rings (SSSR count). The zero-order valence-electron chi connectivity index (χ0n) is 18.6. The van der Waals surface area contributed by atoms with E-state index in [1.165, 1.54) is 6.07 Å². The fourth-order valence-corrected chi connectivity index (χ4v) is 4.99. The minimum Gasteiger partial charge on any atom is -0.376 e. The Hall–Kier alpha value is -3.23. The molecule has 3 heterocycles. The van der Waals surface area contributed by atoms with Crippen LogP contribution in [0.3, 0.4) is 0 Å². The van der Waals surface area contributed by atoms with Crippen molar-refractivity contribution >= 4 is 28.7 Å². The van der Waals surface area contributed by atoms with Gasteiger partial charge in [0.1, 0.15) is 5.82 Å². The Bertz CT molecular complexity index is 1290. The molecule has 1 amide bonds. The summed E-state index contributed by atoms with van der Waals surface area (Å²) in [5.41, 5.74) is 4.00. The highest BCUT2D eigenvalue weighted by atomic mass is 32.2. The van der Waals surface area contributed by atoms with Crippen LogP contribution in [0.4, 0.5) is 4.39 Å². The molecule has 2 aromatic carbocycles. The van der Waals surface area contributed by atoms with Crippen LogP contribution in [-0.4, -0.2) is 39.7 Å². The van der Waals surface area contributed by atoms with Gasteiger partial charge in [-0.25, -0.2) is 9.37 Å². The van der Waals surface area contributed by atoms with Crippen molar-refractivity contribution in [3.63, 3.8) is 0 Å². The Labute approximate surface area is 201 Å². The van der Waals surface area contributed by atoms with Gasteiger partial charge in [0, 0.05) is 36.2 Å². The zero-order valence-corrected chi connectivity index (χ0v) is 19.4. The van der Waals surface area contributed by atoms with E-state index >= 15 is 0 Å². The number of thioether (sulfide) groups is 1. The Balaban J connectivity index is 1.27. The number of hydrogen-bond donors (Lipinski definition) is 1. The van der Waals surface area contributed by atoms with Crippen molar-refractivity contribution in [3.05, 3.63) is 89.5 Å². The van der Waals surface area contributed by atoms with Gasteiger partial charge >= 0.3 is 0 Å². The molecule has 4 aromatic rings. The number of nitrogens with one attached hydrogen (secondary N) is 1. The number of nitrogens with zero attached hydrogens (tertiary/aromatic N) is 3. The maximum atomic E-state index is 14.3. The molecule has 1 saturated heterocycles. The van der Waals surface area contributed by atoms with Crippen molar-refractivity contribution < 1.29 is 13.9 Å². The average molecular weight is 477 g/mol. The second-order valence-electron chi connectivity index (χ2n) is 8.27. The monoisotopic (exact) mass is 476 g/mol. The van der Waals surface area contributed by atoms with Crippen LogP contribution in [0.5, 0.6) is 0 Å². The van der Waals surface area contributed by atoms with Crippen LogP contribution in [0.2, 0.25) is 0 Å². The van der Waals surface area contributed by atoms with E-state index in [1.807, 2.05) is 41.0 Å². The van der Waals surface area contributed by atoms with Gasteiger partial charge < -0.3 is 14.6 Å². The van der Waals surface area contributed by atoms with E-state index in [0.29, 0.717) is 30.0 Å². The third-order valence-corrected chi connectivity index (χ3v) is 6.95. The molecular weight excluding hydrogens is 451 g/mol. The molecule has 8 heteroatoms. The minimum atomic E-state index is -0.238. The van der Waals surface area contributed by atoms with Gasteiger partial charge in [0.15, 0.2) is 5.16 Å². The molecule has 1 fully saturated rings. The van der Waals surface area contributed by atoms with E-state index in [4.69, 9.17) is 9.72 Å². The van der Waals surface area contributed by atoms with Gasteiger partial charge in [-0.2, -0.15) is 0 Å². The van der Waals surface area contributed by atoms with E-state index in [-0.39, 0.29) is 17.8 Å². The molecule has 1 unspecified atom stereocenters.